The van der Waals surface area contributed by atoms with Gasteiger partial charge in [-0.3, -0.25) is 0 Å². The molecule has 1 aliphatic carbocycles. The average molecular weight is 676 g/mol. The Kier molecular flexibility index (Phi) is 7.69. The molecule has 1 heterocycles. The molecule has 1 nitrogen and oxygen atoms in total. The van der Waals surface area contributed by atoms with E-state index < -0.39 is 0 Å². The number of hydrogen-bond acceptors (Lipinski definition) is 0. The number of nitrogens with zero attached hydrogens (tertiary/aromatic N) is 1. The topological polar surface area (TPSA) is 4.93 Å². The molecule has 2 unspecified atom stereocenters. The molecule has 8 aromatic carbocycles. The summed E-state index contributed by atoms with van der Waals surface area (Å²) < 4.78 is 2.37. The van der Waals surface area contributed by atoms with E-state index in [4.69, 9.17) is 0 Å². The first kappa shape index (κ1) is 31.1. The van der Waals surface area contributed by atoms with E-state index in [2.05, 4.69) is 217 Å². The van der Waals surface area contributed by atoms with Gasteiger partial charge in [0.15, 0.2) is 0 Å². The van der Waals surface area contributed by atoms with Crippen molar-refractivity contribution in [2.24, 2.45) is 0 Å². The van der Waals surface area contributed by atoms with Gasteiger partial charge in [0.05, 0.1) is 11.0 Å². The monoisotopic (exact) mass is 675 g/mol. The van der Waals surface area contributed by atoms with Crippen LogP contribution in [0.4, 0.5) is 0 Å². The Labute approximate surface area is 310 Å². The Bertz CT molecular complexity index is 2660. The van der Waals surface area contributed by atoms with Crippen molar-refractivity contribution in [3.05, 3.63) is 229 Å². The molecule has 9 aromatic rings. The van der Waals surface area contributed by atoms with Gasteiger partial charge in [0, 0.05) is 28.3 Å². The van der Waals surface area contributed by atoms with Gasteiger partial charge in [-0.05, 0) is 79.9 Å². The minimum atomic E-state index is 0.295. The molecule has 0 radical (unpaired) electrons. The molecule has 1 aromatic heterocycles. The van der Waals surface area contributed by atoms with Crippen LogP contribution in [0.2, 0.25) is 0 Å². The summed E-state index contributed by atoms with van der Waals surface area (Å²) in [5, 5.41) is 2.57. The lowest BCUT2D eigenvalue weighted by Crippen LogP contribution is -2.20. The molecule has 53 heavy (non-hydrogen) atoms. The summed E-state index contributed by atoms with van der Waals surface area (Å²) in [6, 6.07) is 75.2. The first-order chi connectivity index (χ1) is 26.3. The Morgan fingerprint density at radius 1 is 0.302 bits per heavy atom. The molecule has 0 N–H and O–H groups in total. The lowest BCUT2D eigenvalue weighted by Gasteiger charge is -2.37. The van der Waals surface area contributed by atoms with Crippen molar-refractivity contribution >= 4 is 27.4 Å². The maximum atomic E-state index is 2.46. The minimum Gasteiger partial charge on any atom is -0.309 e. The molecule has 0 spiro atoms. The fraction of sp³-hybridized carbons (Fsp3) is 0.0385. The van der Waals surface area contributed by atoms with Crippen LogP contribution in [0.25, 0.3) is 66.4 Å². The molecule has 0 fully saturated rings. The summed E-state index contributed by atoms with van der Waals surface area (Å²) in [5.74, 6) is 0.608. The second kappa shape index (κ2) is 13.1. The maximum absolute atomic E-state index is 2.46. The molecule has 10 rings (SSSR count). The van der Waals surface area contributed by atoms with E-state index in [1.54, 1.807) is 0 Å². The Morgan fingerprint density at radius 2 is 0.679 bits per heavy atom. The second-order valence-electron chi connectivity index (χ2n) is 14.1. The van der Waals surface area contributed by atoms with Gasteiger partial charge in [0.1, 0.15) is 0 Å². The zero-order valence-electron chi connectivity index (χ0n) is 29.3. The number of para-hydroxylation sites is 2. The highest BCUT2D eigenvalue weighted by molar-refractivity contribution is 6.09. The van der Waals surface area contributed by atoms with Crippen molar-refractivity contribution in [1.82, 2.24) is 4.57 Å². The summed E-state index contributed by atoms with van der Waals surface area (Å²) in [4.78, 5) is 0. The zero-order chi connectivity index (χ0) is 35.1. The van der Waals surface area contributed by atoms with Gasteiger partial charge in [-0.15, -0.1) is 0 Å². The highest BCUT2D eigenvalue weighted by Crippen LogP contribution is 2.53. The SMILES string of the molecule is C1=C(c2ccccc2)C(c2ccc(-c3ccc(-c4ccccc4)cc3)cc2)C1c1ccc(-c2ccc(-n3c4ccccc4c4ccccc43)cc2)cc1. The molecule has 0 saturated carbocycles. The quantitative estimate of drug-likeness (QED) is 0.158. The third kappa shape index (κ3) is 5.59. The van der Waals surface area contributed by atoms with Gasteiger partial charge in [-0.1, -0.05) is 188 Å². The Morgan fingerprint density at radius 3 is 1.19 bits per heavy atom. The van der Waals surface area contributed by atoms with Crippen LogP contribution in [0.5, 0.6) is 0 Å². The lowest BCUT2D eigenvalue weighted by molar-refractivity contribution is 0.698. The Balaban J connectivity index is 0.923. The molecule has 0 amide bonds. The summed E-state index contributed by atoms with van der Waals surface area (Å²) in [6.45, 7) is 0. The molecule has 1 aliphatic rings. The lowest BCUT2D eigenvalue weighted by atomic mass is 9.65. The molecular formula is C52H37N. The molecule has 2 atom stereocenters. The number of allylic oxidation sites excluding steroid dienone is 2. The minimum absolute atomic E-state index is 0.295. The fourth-order valence-electron chi connectivity index (χ4n) is 8.32. The maximum Gasteiger partial charge on any atom is 0.0541 e. The number of fused-ring (bicyclic) bond motifs is 3. The van der Waals surface area contributed by atoms with Crippen LogP contribution >= 0.6 is 0 Å². The predicted octanol–water partition coefficient (Wildman–Crippen LogP) is 13.7. The zero-order valence-corrected chi connectivity index (χ0v) is 29.3. The van der Waals surface area contributed by atoms with Gasteiger partial charge >= 0.3 is 0 Å². The second-order valence-corrected chi connectivity index (χ2v) is 14.1. The fourth-order valence-corrected chi connectivity index (χ4v) is 8.32. The van der Waals surface area contributed by atoms with Crippen LogP contribution < -0.4 is 0 Å². The van der Waals surface area contributed by atoms with Gasteiger partial charge < -0.3 is 4.57 Å². The summed E-state index contributed by atoms with van der Waals surface area (Å²) in [7, 11) is 0. The smallest absolute Gasteiger partial charge is 0.0541 e. The van der Waals surface area contributed by atoms with Crippen molar-refractivity contribution < 1.29 is 0 Å². The van der Waals surface area contributed by atoms with Crippen molar-refractivity contribution in [1.29, 1.82) is 0 Å². The van der Waals surface area contributed by atoms with Crippen molar-refractivity contribution in [3.63, 3.8) is 0 Å². The van der Waals surface area contributed by atoms with Crippen molar-refractivity contribution in [2.75, 3.05) is 0 Å². The van der Waals surface area contributed by atoms with Gasteiger partial charge in [-0.2, -0.15) is 0 Å². The van der Waals surface area contributed by atoms with E-state index in [9.17, 15) is 0 Å². The van der Waals surface area contributed by atoms with Crippen molar-refractivity contribution in [2.45, 2.75) is 11.8 Å². The average Bonchev–Trinajstić information content (AvgIpc) is 3.56. The van der Waals surface area contributed by atoms with Crippen LogP contribution in [0.1, 0.15) is 28.5 Å². The summed E-state index contributed by atoms with van der Waals surface area (Å²) in [5.41, 5.74) is 16.5. The number of rotatable bonds is 7. The summed E-state index contributed by atoms with van der Waals surface area (Å²) in [6.07, 6.45) is 2.46. The van der Waals surface area contributed by atoms with Gasteiger partial charge in [-0.25, -0.2) is 0 Å². The normalized spacial score (nSPS) is 15.3. The Hall–Kier alpha value is -6.70. The van der Waals surface area contributed by atoms with E-state index >= 15 is 0 Å². The van der Waals surface area contributed by atoms with Crippen LogP contribution in [0.15, 0.2) is 212 Å². The molecule has 0 aliphatic heterocycles. The van der Waals surface area contributed by atoms with E-state index in [0.29, 0.717) is 11.8 Å². The predicted molar refractivity (Wildman–Crippen MR) is 223 cm³/mol. The first-order valence-corrected chi connectivity index (χ1v) is 18.5. The van der Waals surface area contributed by atoms with E-state index in [1.165, 1.54) is 83.1 Å². The molecular weight excluding hydrogens is 639 g/mol. The van der Waals surface area contributed by atoms with Gasteiger partial charge in [0.2, 0.25) is 0 Å². The third-order valence-corrected chi connectivity index (χ3v) is 11.1. The number of hydrogen-bond donors (Lipinski definition) is 0. The van der Waals surface area contributed by atoms with Crippen LogP contribution in [0, 0.1) is 0 Å². The highest BCUT2D eigenvalue weighted by Gasteiger charge is 2.35. The van der Waals surface area contributed by atoms with Crippen LogP contribution in [0.3, 0.4) is 0 Å². The van der Waals surface area contributed by atoms with E-state index in [1.807, 2.05) is 0 Å². The molecule has 250 valence electrons. The standard InChI is InChI=1S/C52H37N/c1-3-11-36(12-4-1)37-19-21-38(22-20-37)40-25-29-44(30-26-40)52-48(42-13-5-2-6-14-42)35-49(52)43-27-23-39(24-28-43)41-31-33-45(34-32-41)53-50-17-9-7-15-46(50)47-16-8-10-18-51(47)53/h1-35,49,52H. The van der Waals surface area contributed by atoms with Crippen molar-refractivity contribution in [3.8, 4) is 39.1 Å². The largest absolute Gasteiger partial charge is 0.309 e. The van der Waals surface area contributed by atoms with Gasteiger partial charge in [0.25, 0.3) is 0 Å². The highest BCUT2D eigenvalue weighted by atomic mass is 15.0. The molecule has 0 saturated heterocycles. The number of benzene rings is 8. The number of aromatic nitrogens is 1. The first-order valence-electron chi connectivity index (χ1n) is 18.5. The molecule has 0 bridgehead atoms. The third-order valence-electron chi connectivity index (χ3n) is 11.1. The van der Waals surface area contributed by atoms with E-state index in [0.717, 1.165) is 0 Å². The van der Waals surface area contributed by atoms with Crippen LogP contribution in [-0.2, 0) is 0 Å². The molecule has 1 heteroatoms. The van der Waals surface area contributed by atoms with E-state index in [-0.39, 0.29) is 0 Å². The summed E-state index contributed by atoms with van der Waals surface area (Å²) >= 11 is 0. The van der Waals surface area contributed by atoms with Crippen LogP contribution in [-0.4, -0.2) is 4.57 Å².